The van der Waals surface area contributed by atoms with Gasteiger partial charge in [-0.25, -0.2) is 0 Å². The molecule has 0 aliphatic carbocycles. The summed E-state index contributed by atoms with van der Waals surface area (Å²) in [7, 11) is 1.96. The normalized spacial score (nSPS) is 13.8. The van der Waals surface area contributed by atoms with E-state index in [2.05, 4.69) is 18.7 Å². The van der Waals surface area contributed by atoms with E-state index in [1.54, 1.807) is 0 Å². The van der Waals surface area contributed by atoms with Crippen molar-refractivity contribution in [3.8, 4) is 0 Å². The quantitative estimate of drug-likeness (QED) is 0.621. The van der Waals surface area contributed by atoms with Crippen molar-refractivity contribution in [3.05, 3.63) is 0 Å². The maximum atomic E-state index is 10.3. The monoisotopic (exact) mass is 174 g/mol. The lowest BCUT2D eigenvalue weighted by atomic mass is 10.2. The fraction of sp³-hybridized carbons (Fsp3) is 0.875. The van der Waals surface area contributed by atoms with Crippen LogP contribution in [0.5, 0.6) is 0 Å². The second kappa shape index (κ2) is 5.11. The Morgan fingerprint density at radius 2 is 2.08 bits per heavy atom. The standard InChI is InChI=1S/C8H18N2O2/c1-6(2)10(3)5-4-7(9)8(11)12/h6-7H,4-5,9H2,1-3H3,(H,11,12)/t7-/m1/s1. The summed E-state index contributed by atoms with van der Waals surface area (Å²) in [5.41, 5.74) is 5.34. The third-order valence-electron chi connectivity index (χ3n) is 1.99. The first kappa shape index (κ1) is 11.4. The lowest BCUT2D eigenvalue weighted by Crippen LogP contribution is -2.36. The van der Waals surface area contributed by atoms with E-state index < -0.39 is 12.0 Å². The molecule has 0 bridgehead atoms. The fourth-order valence-electron chi connectivity index (χ4n) is 0.724. The van der Waals surface area contributed by atoms with E-state index in [0.29, 0.717) is 12.5 Å². The molecule has 0 rings (SSSR count). The molecule has 0 saturated heterocycles. The van der Waals surface area contributed by atoms with Crippen molar-refractivity contribution in [1.29, 1.82) is 0 Å². The van der Waals surface area contributed by atoms with Gasteiger partial charge in [-0.2, -0.15) is 0 Å². The minimum absolute atomic E-state index is 0.436. The molecule has 0 aromatic heterocycles. The minimum atomic E-state index is -0.924. The van der Waals surface area contributed by atoms with Crippen LogP contribution in [0, 0.1) is 0 Å². The Labute approximate surface area is 73.3 Å². The van der Waals surface area contributed by atoms with E-state index in [4.69, 9.17) is 10.8 Å². The SMILES string of the molecule is CC(C)N(C)CC[C@@H](N)C(=O)O. The number of rotatable bonds is 5. The molecular formula is C8H18N2O2. The molecule has 1 atom stereocenters. The highest BCUT2D eigenvalue weighted by Crippen LogP contribution is 1.97. The first-order chi connectivity index (χ1) is 5.45. The number of carbonyl (C=O) groups is 1. The van der Waals surface area contributed by atoms with Crippen LogP contribution < -0.4 is 5.73 Å². The highest BCUT2D eigenvalue weighted by atomic mass is 16.4. The second-order valence-corrected chi connectivity index (χ2v) is 3.31. The molecule has 0 aromatic rings. The summed E-state index contributed by atoms with van der Waals surface area (Å²) in [6, 6.07) is -0.294. The summed E-state index contributed by atoms with van der Waals surface area (Å²) in [5.74, 6) is -0.924. The molecule has 3 N–H and O–H groups in total. The largest absolute Gasteiger partial charge is 0.480 e. The van der Waals surface area contributed by atoms with Gasteiger partial charge in [-0.15, -0.1) is 0 Å². The van der Waals surface area contributed by atoms with Crippen LogP contribution in [-0.2, 0) is 4.79 Å². The molecule has 0 aromatic carbocycles. The van der Waals surface area contributed by atoms with Gasteiger partial charge in [-0.1, -0.05) is 0 Å². The van der Waals surface area contributed by atoms with Gasteiger partial charge >= 0.3 is 5.97 Å². The number of nitrogens with two attached hydrogens (primary N) is 1. The van der Waals surface area contributed by atoms with Crippen LogP contribution in [0.1, 0.15) is 20.3 Å². The molecule has 4 nitrogen and oxygen atoms in total. The lowest BCUT2D eigenvalue weighted by Gasteiger charge is -2.21. The number of carboxylic acid groups (broad SMARTS) is 1. The van der Waals surface area contributed by atoms with Crippen molar-refractivity contribution in [3.63, 3.8) is 0 Å². The molecule has 0 unspecified atom stereocenters. The van der Waals surface area contributed by atoms with Crippen LogP contribution in [0.3, 0.4) is 0 Å². The van der Waals surface area contributed by atoms with E-state index in [-0.39, 0.29) is 0 Å². The summed E-state index contributed by atoms with van der Waals surface area (Å²) < 4.78 is 0. The van der Waals surface area contributed by atoms with Crippen LogP contribution >= 0.6 is 0 Å². The smallest absolute Gasteiger partial charge is 0.320 e. The molecule has 72 valence electrons. The lowest BCUT2D eigenvalue weighted by molar-refractivity contribution is -0.138. The van der Waals surface area contributed by atoms with Gasteiger partial charge in [0.15, 0.2) is 0 Å². The number of hydrogen-bond acceptors (Lipinski definition) is 3. The first-order valence-electron chi connectivity index (χ1n) is 4.13. The highest BCUT2D eigenvalue weighted by Gasteiger charge is 2.12. The summed E-state index contributed by atoms with van der Waals surface area (Å²) in [4.78, 5) is 12.4. The maximum Gasteiger partial charge on any atom is 0.320 e. The summed E-state index contributed by atoms with van der Waals surface area (Å²) in [6.07, 6.45) is 0.504. The Balaban J connectivity index is 3.61. The zero-order valence-electron chi connectivity index (χ0n) is 7.95. The Bertz CT molecular complexity index is 148. The Morgan fingerprint density at radius 3 is 2.42 bits per heavy atom. The Morgan fingerprint density at radius 1 is 1.58 bits per heavy atom. The zero-order valence-corrected chi connectivity index (χ0v) is 7.95. The zero-order chi connectivity index (χ0) is 9.72. The van der Waals surface area contributed by atoms with E-state index in [9.17, 15) is 4.79 Å². The number of aliphatic carboxylic acids is 1. The van der Waals surface area contributed by atoms with E-state index in [1.807, 2.05) is 7.05 Å². The van der Waals surface area contributed by atoms with Crippen LogP contribution in [0.2, 0.25) is 0 Å². The van der Waals surface area contributed by atoms with E-state index in [1.165, 1.54) is 0 Å². The molecule has 0 aliphatic heterocycles. The summed E-state index contributed by atoms with van der Waals surface area (Å²) >= 11 is 0. The molecule has 0 aliphatic rings. The average molecular weight is 174 g/mol. The van der Waals surface area contributed by atoms with Crippen molar-refractivity contribution < 1.29 is 9.90 Å². The third kappa shape index (κ3) is 4.31. The van der Waals surface area contributed by atoms with Crippen molar-refractivity contribution >= 4 is 5.97 Å². The molecule has 0 heterocycles. The molecule has 0 radical (unpaired) electrons. The van der Waals surface area contributed by atoms with Crippen LogP contribution in [-0.4, -0.2) is 41.7 Å². The molecule has 0 saturated carbocycles. The molecule has 0 spiro atoms. The fourth-order valence-corrected chi connectivity index (χ4v) is 0.724. The first-order valence-corrected chi connectivity index (χ1v) is 4.13. The van der Waals surface area contributed by atoms with Gasteiger partial charge in [0.25, 0.3) is 0 Å². The van der Waals surface area contributed by atoms with Gasteiger partial charge in [-0.05, 0) is 27.3 Å². The Kier molecular flexibility index (Phi) is 4.85. The number of nitrogens with zero attached hydrogens (tertiary/aromatic N) is 1. The van der Waals surface area contributed by atoms with Gasteiger partial charge in [0.2, 0.25) is 0 Å². The molecule has 12 heavy (non-hydrogen) atoms. The molecular weight excluding hydrogens is 156 g/mol. The molecule has 0 fully saturated rings. The maximum absolute atomic E-state index is 10.3. The predicted molar refractivity (Wildman–Crippen MR) is 48.0 cm³/mol. The topological polar surface area (TPSA) is 66.6 Å². The summed E-state index contributed by atoms with van der Waals surface area (Å²) in [5, 5.41) is 8.49. The van der Waals surface area contributed by atoms with Crippen LogP contribution in [0.15, 0.2) is 0 Å². The third-order valence-corrected chi connectivity index (χ3v) is 1.99. The van der Waals surface area contributed by atoms with Gasteiger partial charge in [0.05, 0.1) is 0 Å². The minimum Gasteiger partial charge on any atom is -0.480 e. The number of hydrogen-bond donors (Lipinski definition) is 2. The Hall–Kier alpha value is -0.610. The van der Waals surface area contributed by atoms with Gasteiger partial charge in [0, 0.05) is 12.6 Å². The predicted octanol–water partition coefficient (Wildman–Crippen LogP) is 0.129. The van der Waals surface area contributed by atoms with Gasteiger partial charge in [0.1, 0.15) is 6.04 Å². The van der Waals surface area contributed by atoms with Gasteiger partial charge < -0.3 is 15.7 Å². The van der Waals surface area contributed by atoms with E-state index in [0.717, 1.165) is 6.54 Å². The van der Waals surface area contributed by atoms with Crippen molar-refractivity contribution in [2.75, 3.05) is 13.6 Å². The molecule has 0 amide bonds. The van der Waals surface area contributed by atoms with Crippen molar-refractivity contribution in [1.82, 2.24) is 4.90 Å². The van der Waals surface area contributed by atoms with E-state index >= 15 is 0 Å². The average Bonchev–Trinajstić information content (AvgIpc) is 1.98. The second-order valence-electron chi connectivity index (χ2n) is 3.31. The van der Waals surface area contributed by atoms with Crippen molar-refractivity contribution in [2.24, 2.45) is 5.73 Å². The van der Waals surface area contributed by atoms with Crippen molar-refractivity contribution in [2.45, 2.75) is 32.4 Å². The summed E-state index contributed by atoms with van der Waals surface area (Å²) in [6.45, 7) is 4.85. The van der Waals surface area contributed by atoms with Crippen LogP contribution in [0.25, 0.3) is 0 Å². The van der Waals surface area contributed by atoms with Crippen LogP contribution in [0.4, 0.5) is 0 Å². The van der Waals surface area contributed by atoms with Gasteiger partial charge in [-0.3, -0.25) is 4.79 Å². The number of carboxylic acids is 1. The molecule has 4 heteroatoms. The highest BCUT2D eigenvalue weighted by molar-refractivity contribution is 5.72.